The maximum absolute atomic E-state index is 10.9. The molecule has 22 heavy (non-hydrogen) atoms. The number of aliphatic hydroxyl groups is 1. The first-order valence-corrected chi connectivity index (χ1v) is 7.41. The third kappa shape index (κ3) is 2.89. The minimum atomic E-state index is -1.27. The summed E-state index contributed by atoms with van der Waals surface area (Å²) in [5, 5.41) is 18.6. The van der Waals surface area contributed by atoms with Crippen molar-refractivity contribution in [2.24, 2.45) is 5.92 Å². The van der Waals surface area contributed by atoms with Crippen molar-refractivity contribution in [1.82, 2.24) is 4.90 Å². The van der Waals surface area contributed by atoms with Crippen LogP contribution in [0.5, 0.6) is 0 Å². The van der Waals surface area contributed by atoms with Gasteiger partial charge in [-0.1, -0.05) is 60.7 Å². The van der Waals surface area contributed by atoms with Gasteiger partial charge >= 0.3 is 5.97 Å². The molecule has 1 fully saturated rings. The number of benzene rings is 2. The van der Waals surface area contributed by atoms with E-state index in [-0.39, 0.29) is 12.0 Å². The van der Waals surface area contributed by atoms with Crippen LogP contribution in [0.1, 0.15) is 17.2 Å². The molecule has 0 aromatic heterocycles. The number of carbonyl (C=O) groups is 1. The number of rotatable bonds is 5. The molecule has 1 aliphatic rings. The van der Waals surface area contributed by atoms with Crippen LogP contribution in [0.3, 0.4) is 0 Å². The topological polar surface area (TPSA) is 60.8 Å². The summed E-state index contributed by atoms with van der Waals surface area (Å²) in [6.45, 7) is 1.17. The highest BCUT2D eigenvalue weighted by molar-refractivity contribution is 5.72. The van der Waals surface area contributed by atoms with Gasteiger partial charge in [0, 0.05) is 19.0 Å². The van der Waals surface area contributed by atoms with Crippen LogP contribution in [0, 0.1) is 5.92 Å². The third-order valence-corrected chi connectivity index (χ3v) is 4.23. The minimum Gasteiger partial charge on any atom is -0.479 e. The molecular formula is C18H19NO3. The second-order valence-electron chi connectivity index (χ2n) is 5.72. The SMILES string of the molecule is O=C(O)C(O)C1CN(C(c2ccccc2)c2ccccc2)C1. The molecule has 1 atom stereocenters. The molecule has 0 radical (unpaired) electrons. The predicted molar refractivity (Wildman–Crippen MR) is 83.4 cm³/mol. The molecular weight excluding hydrogens is 278 g/mol. The molecule has 0 bridgehead atoms. The Bertz CT molecular complexity index is 584. The van der Waals surface area contributed by atoms with E-state index in [1.165, 1.54) is 11.1 Å². The van der Waals surface area contributed by atoms with E-state index in [1.54, 1.807) is 0 Å². The molecule has 4 heteroatoms. The van der Waals surface area contributed by atoms with E-state index in [0.29, 0.717) is 13.1 Å². The summed E-state index contributed by atoms with van der Waals surface area (Å²) in [5.41, 5.74) is 2.36. The van der Waals surface area contributed by atoms with Crippen molar-refractivity contribution in [3.63, 3.8) is 0 Å². The Kier molecular flexibility index (Phi) is 4.22. The first-order chi connectivity index (χ1) is 10.7. The predicted octanol–water partition coefficient (Wildman–Crippen LogP) is 2.15. The van der Waals surface area contributed by atoms with Gasteiger partial charge in [0.15, 0.2) is 6.10 Å². The van der Waals surface area contributed by atoms with Gasteiger partial charge in [0.2, 0.25) is 0 Å². The van der Waals surface area contributed by atoms with Crippen LogP contribution in [0.2, 0.25) is 0 Å². The van der Waals surface area contributed by atoms with Crippen molar-refractivity contribution in [2.75, 3.05) is 13.1 Å². The van der Waals surface area contributed by atoms with E-state index in [4.69, 9.17) is 5.11 Å². The monoisotopic (exact) mass is 297 g/mol. The number of carboxylic acid groups (broad SMARTS) is 1. The molecule has 3 rings (SSSR count). The van der Waals surface area contributed by atoms with E-state index in [0.717, 1.165) is 0 Å². The lowest BCUT2D eigenvalue weighted by molar-refractivity contribution is -0.154. The Labute approximate surface area is 129 Å². The van der Waals surface area contributed by atoms with Crippen molar-refractivity contribution in [3.8, 4) is 0 Å². The lowest BCUT2D eigenvalue weighted by Gasteiger charge is -2.45. The van der Waals surface area contributed by atoms with Gasteiger partial charge in [0.05, 0.1) is 6.04 Å². The van der Waals surface area contributed by atoms with Crippen molar-refractivity contribution in [1.29, 1.82) is 0 Å². The molecule has 1 aliphatic heterocycles. The van der Waals surface area contributed by atoms with Crippen LogP contribution in [0.25, 0.3) is 0 Å². The normalized spacial score (nSPS) is 17.2. The maximum Gasteiger partial charge on any atom is 0.332 e. The first kappa shape index (κ1) is 14.8. The van der Waals surface area contributed by atoms with Gasteiger partial charge in [-0.05, 0) is 11.1 Å². The molecule has 0 aliphatic carbocycles. The maximum atomic E-state index is 10.9. The zero-order valence-corrected chi connectivity index (χ0v) is 12.2. The number of carboxylic acids is 1. The zero-order valence-electron chi connectivity index (χ0n) is 12.2. The highest BCUT2D eigenvalue weighted by atomic mass is 16.4. The van der Waals surface area contributed by atoms with Gasteiger partial charge in [-0.25, -0.2) is 4.79 Å². The number of nitrogens with zero attached hydrogens (tertiary/aromatic N) is 1. The summed E-state index contributed by atoms with van der Waals surface area (Å²) in [4.78, 5) is 13.1. The Morgan fingerprint density at radius 1 is 0.955 bits per heavy atom. The van der Waals surface area contributed by atoms with E-state index < -0.39 is 12.1 Å². The van der Waals surface area contributed by atoms with E-state index in [1.807, 2.05) is 36.4 Å². The number of hydrogen-bond acceptors (Lipinski definition) is 3. The largest absolute Gasteiger partial charge is 0.479 e. The van der Waals surface area contributed by atoms with E-state index >= 15 is 0 Å². The van der Waals surface area contributed by atoms with Crippen molar-refractivity contribution < 1.29 is 15.0 Å². The summed E-state index contributed by atoms with van der Waals surface area (Å²) in [6.07, 6.45) is -1.27. The molecule has 1 saturated heterocycles. The minimum absolute atomic E-state index is 0.0969. The summed E-state index contributed by atoms with van der Waals surface area (Å²) in [5.74, 6) is -1.34. The number of likely N-dealkylation sites (tertiary alicyclic amines) is 1. The second-order valence-corrected chi connectivity index (χ2v) is 5.72. The molecule has 1 unspecified atom stereocenters. The van der Waals surface area contributed by atoms with Crippen LogP contribution < -0.4 is 0 Å². The third-order valence-electron chi connectivity index (χ3n) is 4.23. The number of aliphatic hydroxyl groups excluding tert-OH is 1. The fourth-order valence-corrected chi connectivity index (χ4v) is 3.05. The average Bonchev–Trinajstić information content (AvgIpc) is 2.51. The van der Waals surface area contributed by atoms with Gasteiger partial charge < -0.3 is 10.2 Å². The molecule has 0 spiro atoms. The fraction of sp³-hybridized carbons (Fsp3) is 0.278. The lowest BCUT2D eigenvalue weighted by atomic mass is 9.87. The van der Waals surface area contributed by atoms with Crippen LogP contribution in [-0.2, 0) is 4.79 Å². The van der Waals surface area contributed by atoms with Crippen molar-refractivity contribution in [2.45, 2.75) is 12.1 Å². The molecule has 114 valence electrons. The molecule has 2 N–H and O–H groups in total. The van der Waals surface area contributed by atoms with Crippen molar-refractivity contribution >= 4 is 5.97 Å². The van der Waals surface area contributed by atoms with Gasteiger partial charge in [-0.2, -0.15) is 0 Å². The van der Waals surface area contributed by atoms with Gasteiger partial charge in [0.25, 0.3) is 0 Å². The molecule has 0 amide bonds. The fourth-order valence-electron chi connectivity index (χ4n) is 3.05. The Morgan fingerprint density at radius 3 is 1.82 bits per heavy atom. The average molecular weight is 297 g/mol. The zero-order chi connectivity index (χ0) is 15.5. The summed E-state index contributed by atoms with van der Waals surface area (Å²) in [6, 6.07) is 20.4. The highest BCUT2D eigenvalue weighted by Gasteiger charge is 2.40. The number of aliphatic carboxylic acids is 1. The van der Waals surface area contributed by atoms with Gasteiger partial charge in [-0.15, -0.1) is 0 Å². The molecule has 0 saturated carbocycles. The lowest BCUT2D eigenvalue weighted by Crippen LogP contribution is -2.55. The van der Waals surface area contributed by atoms with E-state index in [9.17, 15) is 9.90 Å². The van der Waals surface area contributed by atoms with Crippen LogP contribution in [0.4, 0.5) is 0 Å². The van der Waals surface area contributed by atoms with E-state index in [2.05, 4.69) is 29.2 Å². The van der Waals surface area contributed by atoms with Gasteiger partial charge in [0.1, 0.15) is 0 Å². The molecule has 1 heterocycles. The van der Waals surface area contributed by atoms with Crippen LogP contribution >= 0.6 is 0 Å². The number of hydrogen-bond donors (Lipinski definition) is 2. The standard InChI is InChI=1S/C18H19NO3/c20-17(18(21)22)15-11-19(12-15)16(13-7-3-1-4-8-13)14-9-5-2-6-10-14/h1-10,15-17,20H,11-12H2,(H,21,22). The molecule has 2 aromatic rings. The Hall–Kier alpha value is -2.17. The second kappa shape index (κ2) is 6.30. The summed E-state index contributed by atoms with van der Waals surface area (Å²) >= 11 is 0. The molecule has 4 nitrogen and oxygen atoms in total. The highest BCUT2D eigenvalue weighted by Crippen LogP contribution is 2.35. The van der Waals surface area contributed by atoms with Crippen molar-refractivity contribution in [3.05, 3.63) is 71.8 Å². The smallest absolute Gasteiger partial charge is 0.332 e. The molecule has 2 aromatic carbocycles. The first-order valence-electron chi connectivity index (χ1n) is 7.41. The van der Waals surface area contributed by atoms with Crippen LogP contribution in [0.15, 0.2) is 60.7 Å². The summed E-state index contributed by atoms with van der Waals surface area (Å²) in [7, 11) is 0. The quantitative estimate of drug-likeness (QED) is 0.888. The Balaban J connectivity index is 1.82. The van der Waals surface area contributed by atoms with Crippen LogP contribution in [-0.4, -0.2) is 40.3 Å². The Morgan fingerprint density at radius 2 is 1.41 bits per heavy atom. The summed E-state index contributed by atoms with van der Waals surface area (Å²) < 4.78 is 0. The van der Waals surface area contributed by atoms with Gasteiger partial charge in [-0.3, -0.25) is 4.90 Å².